The number of nitrogens with zero attached hydrogens (tertiary/aromatic N) is 2. The van der Waals surface area contributed by atoms with E-state index < -0.39 is 10.0 Å². The first-order chi connectivity index (χ1) is 12.6. The van der Waals surface area contributed by atoms with Gasteiger partial charge in [-0.15, -0.1) is 0 Å². The summed E-state index contributed by atoms with van der Waals surface area (Å²) < 4.78 is 31.0. The fourth-order valence-electron chi connectivity index (χ4n) is 3.05. The lowest BCUT2D eigenvalue weighted by Gasteiger charge is -2.19. The number of rotatable bonds is 4. The predicted octanol–water partition coefficient (Wildman–Crippen LogP) is 5.07. The summed E-state index contributed by atoms with van der Waals surface area (Å²) in [4.78, 5) is 0.237. The minimum Gasteiger partial charge on any atom is -0.263 e. The van der Waals surface area contributed by atoms with Gasteiger partial charge in [-0.3, -0.25) is 4.72 Å². The summed E-state index contributed by atoms with van der Waals surface area (Å²) in [7, 11) is -3.70. The van der Waals surface area contributed by atoms with Crippen molar-refractivity contribution < 1.29 is 8.42 Å². The SMILES string of the molecule is CC(C)(C)c1ccc(S(=O)(=O)Nc2ccc(Br)c3cc(C4CC4)nn23)cc1. The molecular weight excluding hydrogens is 426 g/mol. The van der Waals surface area contributed by atoms with Gasteiger partial charge < -0.3 is 0 Å². The number of benzene rings is 1. The van der Waals surface area contributed by atoms with E-state index in [-0.39, 0.29) is 10.3 Å². The molecule has 142 valence electrons. The van der Waals surface area contributed by atoms with Crippen molar-refractivity contribution in [2.45, 2.75) is 49.8 Å². The highest BCUT2D eigenvalue weighted by Gasteiger charge is 2.27. The maximum absolute atomic E-state index is 12.9. The van der Waals surface area contributed by atoms with Crippen LogP contribution in [0.1, 0.15) is 50.8 Å². The van der Waals surface area contributed by atoms with Crippen LogP contribution in [-0.4, -0.2) is 18.0 Å². The van der Waals surface area contributed by atoms with Crippen LogP contribution in [0.25, 0.3) is 5.52 Å². The second-order valence-electron chi connectivity index (χ2n) is 8.09. The zero-order valence-corrected chi connectivity index (χ0v) is 17.9. The number of nitrogens with one attached hydrogen (secondary N) is 1. The van der Waals surface area contributed by atoms with Crippen LogP contribution in [0.3, 0.4) is 0 Å². The van der Waals surface area contributed by atoms with Gasteiger partial charge >= 0.3 is 0 Å². The molecule has 0 radical (unpaired) electrons. The van der Waals surface area contributed by atoms with E-state index >= 15 is 0 Å². The lowest BCUT2D eigenvalue weighted by molar-refractivity contribution is 0.587. The molecule has 0 atom stereocenters. The van der Waals surface area contributed by atoms with E-state index in [0.29, 0.717) is 11.7 Å². The van der Waals surface area contributed by atoms with Gasteiger partial charge in [0.25, 0.3) is 10.0 Å². The molecule has 2 heterocycles. The van der Waals surface area contributed by atoms with E-state index in [1.807, 2.05) is 24.3 Å². The van der Waals surface area contributed by atoms with Gasteiger partial charge in [0.05, 0.1) is 16.1 Å². The molecule has 0 bridgehead atoms. The first-order valence-electron chi connectivity index (χ1n) is 8.97. The molecule has 1 aromatic carbocycles. The van der Waals surface area contributed by atoms with Crippen LogP contribution < -0.4 is 4.72 Å². The molecule has 1 fully saturated rings. The Labute approximate surface area is 168 Å². The van der Waals surface area contributed by atoms with Gasteiger partial charge in [0.15, 0.2) is 0 Å². The Morgan fingerprint density at radius 2 is 1.78 bits per heavy atom. The number of halogens is 1. The molecule has 4 rings (SSSR count). The molecule has 0 saturated heterocycles. The van der Waals surface area contributed by atoms with E-state index in [1.165, 1.54) is 0 Å². The first kappa shape index (κ1) is 18.5. The second kappa shape index (κ2) is 6.34. The zero-order chi connectivity index (χ0) is 19.4. The molecular formula is C20H22BrN3O2S. The molecule has 0 aliphatic heterocycles. The van der Waals surface area contributed by atoms with Crippen molar-refractivity contribution in [1.29, 1.82) is 0 Å². The lowest BCUT2D eigenvalue weighted by atomic mass is 9.87. The standard InChI is InChI=1S/C20H22BrN3O2S/c1-20(2,3)14-6-8-15(9-7-14)27(25,26)23-19-11-10-16(21)18-12-17(13-4-5-13)22-24(18)19/h6-13,23H,4-5H2,1-3H3. The Kier molecular flexibility index (Phi) is 4.35. The fourth-order valence-corrected chi connectivity index (χ4v) is 4.50. The highest BCUT2D eigenvalue weighted by molar-refractivity contribution is 9.10. The third-order valence-corrected chi connectivity index (χ3v) is 6.90. The third-order valence-electron chi connectivity index (χ3n) is 4.85. The Balaban J connectivity index is 1.69. The summed E-state index contributed by atoms with van der Waals surface area (Å²) in [6.45, 7) is 6.30. The van der Waals surface area contributed by atoms with Crippen molar-refractivity contribution in [1.82, 2.24) is 9.61 Å². The first-order valence-corrected chi connectivity index (χ1v) is 11.2. The maximum Gasteiger partial charge on any atom is 0.263 e. The van der Waals surface area contributed by atoms with Gasteiger partial charge in [-0.05, 0) is 70.1 Å². The molecule has 7 heteroatoms. The van der Waals surface area contributed by atoms with Crippen LogP contribution in [0.4, 0.5) is 5.82 Å². The third kappa shape index (κ3) is 3.62. The number of fused-ring (bicyclic) bond motifs is 1. The molecule has 1 N–H and O–H groups in total. The Hall–Kier alpha value is -1.86. The van der Waals surface area contributed by atoms with Crippen molar-refractivity contribution in [2.24, 2.45) is 0 Å². The molecule has 0 amide bonds. The number of hydrogen-bond acceptors (Lipinski definition) is 3. The zero-order valence-electron chi connectivity index (χ0n) is 15.5. The van der Waals surface area contributed by atoms with E-state index in [0.717, 1.165) is 34.1 Å². The number of pyridine rings is 1. The van der Waals surface area contributed by atoms with Crippen LogP contribution in [-0.2, 0) is 15.4 Å². The van der Waals surface area contributed by atoms with Crippen molar-refractivity contribution in [3.63, 3.8) is 0 Å². The van der Waals surface area contributed by atoms with E-state index in [9.17, 15) is 8.42 Å². The van der Waals surface area contributed by atoms with Gasteiger partial charge in [0.1, 0.15) is 5.82 Å². The minimum atomic E-state index is -3.70. The van der Waals surface area contributed by atoms with Crippen LogP contribution in [0.2, 0.25) is 0 Å². The van der Waals surface area contributed by atoms with Crippen molar-refractivity contribution >= 4 is 37.3 Å². The summed E-state index contributed by atoms with van der Waals surface area (Å²) in [6.07, 6.45) is 2.28. The molecule has 3 aromatic rings. The van der Waals surface area contributed by atoms with Gasteiger partial charge in [-0.1, -0.05) is 32.9 Å². The van der Waals surface area contributed by atoms with E-state index in [4.69, 9.17) is 0 Å². The summed E-state index contributed by atoms with van der Waals surface area (Å²) >= 11 is 3.53. The normalized spacial score (nSPS) is 15.3. The minimum absolute atomic E-state index is 0.0259. The highest BCUT2D eigenvalue weighted by atomic mass is 79.9. The molecule has 0 spiro atoms. The Morgan fingerprint density at radius 3 is 2.37 bits per heavy atom. The topological polar surface area (TPSA) is 63.5 Å². The van der Waals surface area contributed by atoms with E-state index in [1.54, 1.807) is 22.7 Å². The maximum atomic E-state index is 12.9. The molecule has 5 nitrogen and oxygen atoms in total. The number of anilines is 1. The smallest absolute Gasteiger partial charge is 0.263 e. The van der Waals surface area contributed by atoms with Crippen molar-refractivity contribution in [2.75, 3.05) is 4.72 Å². The number of hydrogen-bond donors (Lipinski definition) is 1. The fraction of sp³-hybridized carbons (Fsp3) is 0.350. The highest BCUT2D eigenvalue weighted by Crippen LogP contribution is 2.40. The van der Waals surface area contributed by atoms with Crippen molar-refractivity contribution in [3.05, 3.63) is 58.2 Å². The predicted molar refractivity (Wildman–Crippen MR) is 111 cm³/mol. The number of aromatic nitrogens is 2. The molecule has 1 saturated carbocycles. The Morgan fingerprint density at radius 1 is 1.11 bits per heavy atom. The van der Waals surface area contributed by atoms with Gasteiger partial charge in [0.2, 0.25) is 0 Å². The largest absolute Gasteiger partial charge is 0.263 e. The van der Waals surface area contributed by atoms with Gasteiger partial charge in [-0.25, -0.2) is 12.9 Å². The second-order valence-corrected chi connectivity index (χ2v) is 10.6. The summed E-state index contributed by atoms with van der Waals surface area (Å²) in [5, 5.41) is 4.62. The summed E-state index contributed by atoms with van der Waals surface area (Å²) in [5.74, 6) is 0.922. The molecule has 0 unspecified atom stereocenters. The van der Waals surface area contributed by atoms with Gasteiger partial charge in [-0.2, -0.15) is 5.10 Å². The monoisotopic (exact) mass is 447 g/mol. The van der Waals surface area contributed by atoms with Crippen LogP contribution in [0.5, 0.6) is 0 Å². The quantitative estimate of drug-likeness (QED) is 0.606. The molecule has 1 aliphatic rings. The lowest BCUT2D eigenvalue weighted by Crippen LogP contribution is -2.16. The molecule has 27 heavy (non-hydrogen) atoms. The molecule has 1 aliphatic carbocycles. The van der Waals surface area contributed by atoms with Crippen molar-refractivity contribution in [3.8, 4) is 0 Å². The van der Waals surface area contributed by atoms with Crippen LogP contribution in [0.15, 0.2) is 51.8 Å². The van der Waals surface area contributed by atoms with Gasteiger partial charge in [0, 0.05) is 10.4 Å². The average Bonchev–Trinajstić information content (AvgIpc) is 3.35. The average molecular weight is 448 g/mol. The molecule has 2 aromatic heterocycles. The summed E-state index contributed by atoms with van der Waals surface area (Å²) in [5.41, 5.74) is 2.94. The number of sulfonamides is 1. The van der Waals surface area contributed by atoms with E-state index in [2.05, 4.69) is 46.5 Å². The summed E-state index contributed by atoms with van der Waals surface area (Å²) in [6, 6.07) is 12.6. The Bertz CT molecular complexity index is 1110. The van der Waals surface area contributed by atoms with Crippen LogP contribution in [0, 0.1) is 0 Å². The van der Waals surface area contributed by atoms with Crippen LogP contribution >= 0.6 is 15.9 Å².